The van der Waals surface area contributed by atoms with Gasteiger partial charge >= 0.3 is 6.18 Å². The third-order valence-electron chi connectivity index (χ3n) is 4.41. The van der Waals surface area contributed by atoms with E-state index in [1.807, 2.05) is 0 Å². The summed E-state index contributed by atoms with van der Waals surface area (Å²) < 4.78 is 42.1. The summed E-state index contributed by atoms with van der Waals surface area (Å²) in [6, 6.07) is 8.69. The predicted molar refractivity (Wildman–Crippen MR) is 107 cm³/mol. The van der Waals surface area contributed by atoms with Gasteiger partial charge in [-0.1, -0.05) is 34.4 Å². The lowest BCUT2D eigenvalue weighted by molar-refractivity contribution is -0.275. The number of alkyl halides is 3. The first-order chi connectivity index (χ1) is 13.5. The topological polar surface area (TPSA) is 62.0 Å². The Bertz CT molecular complexity index is 933. The Morgan fingerprint density at radius 3 is 2.38 bits per heavy atom. The second kappa shape index (κ2) is 8.35. The van der Waals surface area contributed by atoms with Crippen LogP contribution in [-0.4, -0.2) is 34.1 Å². The molecule has 1 atom stereocenters. The van der Waals surface area contributed by atoms with Gasteiger partial charge in [0.05, 0.1) is 5.71 Å². The monoisotopic (exact) mass is 465 g/mol. The number of halogens is 5. The second-order valence-electron chi connectivity index (χ2n) is 6.56. The number of thioether (sulfide) groups is 1. The van der Waals surface area contributed by atoms with E-state index in [0.29, 0.717) is 5.56 Å². The van der Waals surface area contributed by atoms with Crippen molar-refractivity contribution in [1.29, 1.82) is 0 Å². The lowest BCUT2D eigenvalue weighted by Crippen LogP contribution is -2.42. The van der Waals surface area contributed by atoms with Crippen molar-refractivity contribution in [3.63, 3.8) is 0 Å². The van der Waals surface area contributed by atoms with Gasteiger partial charge in [0.1, 0.15) is 0 Å². The Hall–Kier alpha value is -1.45. The molecule has 2 aromatic rings. The number of aliphatic hydroxyl groups excluding tert-OH is 1. The summed E-state index contributed by atoms with van der Waals surface area (Å²) in [6.07, 6.45) is -6.74. The molecular weight excluding hydrogens is 450 g/mol. The van der Waals surface area contributed by atoms with Crippen LogP contribution in [0.15, 0.2) is 46.4 Å². The van der Waals surface area contributed by atoms with Crippen molar-refractivity contribution in [2.24, 2.45) is 5.16 Å². The molecule has 0 aliphatic carbocycles. The van der Waals surface area contributed by atoms with Crippen LogP contribution >= 0.6 is 35.0 Å². The molecule has 0 aromatic heterocycles. The van der Waals surface area contributed by atoms with E-state index in [-0.39, 0.29) is 27.1 Å². The minimum atomic E-state index is -4.76. The van der Waals surface area contributed by atoms with Crippen LogP contribution in [0.3, 0.4) is 0 Å². The molecule has 0 bridgehead atoms. The number of benzene rings is 2. The Morgan fingerprint density at radius 2 is 1.83 bits per heavy atom. The summed E-state index contributed by atoms with van der Waals surface area (Å²) in [5.74, 6) is 0.0803. The molecule has 1 unspecified atom stereocenters. The van der Waals surface area contributed by atoms with E-state index in [0.717, 1.165) is 10.5 Å². The summed E-state index contributed by atoms with van der Waals surface area (Å²) >= 11 is 13.0. The highest BCUT2D eigenvalue weighted by molar-refractivity contribution is 7.99. The summed E-state index contributed by atoms with van der Waals surface area (Å²) in [7, 11) is 0. The molecule has 0 amide bonds. The Labute approximate surface area is 179 Å². The van der Waals surface area contributed by atoms with E-state index in [1.165, 1.54) is 30.0 Å². The van der Waals surface area contributed by atoms with Crippen LogP contribution in [0.1, 0.15) is 23.1 Å². The molecule has 3 rings (SSSR count). The Kier molecular flexibility index (Phi) is 6.41. The SMILES string of the molecule is Cc1cc(C2=NOC(c3cc(Cl)cc(Cl)c3)(C(F)(F)F)C2)ccc1SCC(O)O. The van der Waals surface area contributed by atoms with Gasteiger partial charge in [0.2, 0.25) is 0 Å². The van der Waals surface area contributed by atoms with Gasteiger partial charge in [0.25, 0.3) is 5.60 Å². The number of oxime groups is 1. The predicted octanol–water partition coefficient (Wildman–Crippen LogP) is 5.29. The van der Waals surface area contributed by atoms with Crippen molar-refractivity contribution < 1.29 is 28.2 Å². The average Bonchev–Trinajstić information content (AvgIpc) is 3.06. The molecule has 156 valence electrons. The van der Waals surface area contributed by atoms with Crippen LogP contribution in [0.5, 0.6) is 0 Å². The maximum Gasteiger partial charge on any atom is 0.435 e. The molecule has 1 aliphatic heterocycles. The van der Waals surface area contributed by atoms with E-state index < -0.39 is 24.5 Å². The molecule has 0 radical (unpaired) electrons. The highest BCUT2D eigenvalue weighted by atomic mass is 35.5. The highest BCUT2D eigenvalue weighted by Crippen LogP contribution is 2.49. The molecule has 29 heavy (non-hydrogen) atoms. The third kappa shape index (κ3) is 4.67. The zero-order valence-electron chi connectivity index (χ0n) is 15.0. The van der Waals surface area contributed by atoms with Gasteiger partial charge in [0.15, 0.2) is 6.29 Å². The molecule has 2 aromatic carbocycles. The molecule has 0 fully saturated rings. The first-order valence-corrected chi connectivity index (χ1v) is 10.1. The summed E-state index contributed by atoms with van der Waals surface area (Å²) in [4.78, 5) is 5.77. The Morgan fingerprint density at radius 1 is 1.17 bits per heavy atom. The van der Waals surface area contributed by atoms with Crippen molar-refractivity contribution >= 4 is 40.7 Å². The number of aliphatic hydroxyl groups is 2. The molecule has 0 saturated carbocycles. The molecule has 1 aliphatic rings. The number of hydrogen-bond acceptors (Lipinski definition) is 5. The van der Waals surface area contributed by atoms with E-state index >= 15 is 0 Å². The first kappa shape index (κ1) is 22.2. The minimum absolute atomic E-state index is 0.0662. The van der Waals surface area contributed by atoms with Crippen molar-refractivity contribution in [3.8, 4) is 0 Å². The number of nitrogens with zero attached hydrogens (tertiary/aromatic N) is 1. The van der Waals surface area contributed by atoms with Crippen molar-refractivity contribution in [2.75, 3.05) is 5.75 Å². The molecule has 4 nitrogen and oxygen atoms in total. The molecule has 10 heteroatoms. The van der Waals surface area contributed by atoms with Crippen LogP contribution < -0.4 is 0 Å². The van der Waals surface area contributed by atoms with Crippen molar-refractivity contribution in [3.05, 3.63) is 63.1 Å². The van der Waals surface area contributed by atoms with Gasteiger partial charge in [-0.25, -0.2) is 0 Å². The van der Waals surface area contributed by atoms with Crippen molar-refractivity contribution in [1.82, 2.24) is 0 Å². The fraction of sp³-hybridized carbons (Fsp3) is 0.316. The molecule has 2 N–H and O–H groups in total. The smallest absolute Gasteiger partial charge is 0.374 e. The standard InChI is InChI=1S/C19H16Cl2F3NO3S/c1-10-4-11(2-3-16(10)29-9-17(26)27)15-8-18(28-25-15,19(22,23)24)12-5-13(20)7-14(21)6-12/h2-7,17,26-27H,8-9H2,1H3. The van der Waals surface area contributed by atoms with Gasteiger partial charge in [-0.3, -0.25) is 0 Å². The number of hydrogen-bond donors (Lipinski definition) is 2. The van der Waals surface area contributed by atoms with E-state index in [1.54, 1.807) is 25.1 Å². The van der Waals surface area contributed by atoms with E-state index in [4.69, 9.17) is 38.3 Å². The van der Waals surface area contributed by atoms with Crippen molar-refractivity contribution in [2.45, 2.75) is 36.3 Å². The van der Waals surface area contributed by atoms with E-state index in [2.05, 4.69) is 5.16 Å². The Balaban J connectivity index is 1.92. The van der Waals surface area contributed by atoms with Gasteiger partial charge in [-0.2, -0.15) is 13.2 Å². The molecular formula is C19H16Cl2F3NO3S. The fourth-order valence-electron chi connectivity index (χ4n) is 3.00. The van der Waals surface area contributed by atoms with Crippen LogP contribution in [0.25, 0.3) is 0 Å². The quantitative estimate of drug-likeness (QED) is 0.465. The van der Waals surface area contributed by atoms with Gasteiger partial charge in [-0.15, -0.1) is 11.8 Å². The van der Waals surface area contributed by atoms with E-state index in [9.17, 15) is 13.2 Å². The molecule has 0 saturated heterocycles. The van der Waals surface area contributed by atoms with Gasteiger partial charge < -0.3 is 15.1 Å². The first-order valence-electron chi connectivity index (χ1n) is 8.40. The lowest BCUT2D eigenvalue weighted by Gasteiger charge is -2.29. The molecule has 1 heterocycles. The third-order valence-corrected chi connectivity index (χ3v) is 6.08. The molecule has 0 spiro atoms. The summed E-state index contributed by atoms with van der Waals surface area (Å²) in [5, 5.41) is 21.8. The highest BCUT2D eigenvalue weighted by Gasteiger charge is 2.62. The van der Waals surface area contributed by atoms with Gasteiger partial charge in [0, 0.05) is 32.7 Å². The van der Waals surface area contributed by atoms with Crippen LogP contribution in [0.2, 0.25) is 10.0 Å². The summed E-state index contributed by atoms with van der Waals surface area (Å²) in [6.45, 7) is 1.78. The second-order valence-corrected chi connectivity index (χ2v) is 8.50. The average molecular weight is 466 g/mol. The maximum atomic E-state index is 14.0. The fourth-order valence-corrected chi connectivity index (χ4v) is 4.31. The maximum absolute atomic E-state index is 14.0. The van der Waals surface area contributed by atoms with Crippen LogP contribution in [0.4, 0.5) is 13.2 Å². The zero-order chi connectivity index (χ0) is 21.4. The minimum Gasteiger partial charge on any atom is -0.374 e. The van der Waals surface area contributed by atoms with Crippen LogP contribution in [-0.2, 0) is 10.4 Å². The van der Waals surface area contributed by atoms with Gasteiger partial charge in [-0.05, 0) is 48.4 Å². The zero-order valence-corrected chi connectivity index (χ0v) is 17.3. The lowest BCUT2D eigenvalue weighted by atomic mass is 9.86. The normalized spacial score (nSPS) is 19.4. The largest absolute Gasteiger partial charge is 0.435 e. The summed E-state index contributed by atoms with van der Waals surface area (Å²) in [5.41, 5.74) is -1.51. The van der Waals surface area contributed by atoms with Crippen LogP contribution in [0, 0.1) is 6.92 Å². The number of aryl methyl sites for hydroxylation is 1. The number of rotatable bonds is 5.